The van der Waals surface area contributed by atoms with Gasteiger partial charge < -0.3 is 9.72 Å². The van der Waals surface area contributed by atoms with Crippen LogP contribution < -0.4 is 26.6 Å². The lowest BCUT2D eigenvalue weighted by Crippen LogP contribution is -2.53. The van der Waals surface area contributed by atoms with Gasteiger partial charge in [0.15, 0.2) is 0 Å². The Morgan fingerprint density at radius 2 is 1.76 bits per heavy atom. The van der Waals surface area contributed by atoms with Crippen LogP contribution in [0.5, 0.6) is 5.75 Å². The second-order valence-electron chi connectivity index (χ2n) is 7.14. The molecule has 1 aromatic carbocycles. The highest BCUT2D eigenvalue weighted by molar-refractivity contribution is 5.49. The number of ether oxygens (including phenoxy) is 1. The van der Waals surface area contributed by atoms with Gasteiger partial charge in [0.1, 0.15) is 16.4 Å². The van der Waals surface area contributed by atoms with Gasteiger partial charge >= 0.3 is 0 Å². The average Bonchev–Trinajstić information content (AvgIpc) is 2.73. The largest absolute Gasteiger partial charge is 0.497 e. The zero-order valence-corrected chi connectivity index (χ0v) is 17.6. The van der Waals surface area contributed by atoms with Crippen LogP contribution in [0.3, 0.4) is 0 Å². The van der Waals surface area contributed by atoms with E-state index in [1.165, 1.54) is 30.3 Å². The summed E-state index contributed by atoms with van der Waals surface area (Å²) in [5.41, 5.74) is 0.337. The smallest absolute Gasteiger partial charge is 0.274 e. The molecule has 0 fully saturated rings. The number of hydrogen-bond acceptors (Lipinski definition) is 3. The van der Waals surface area contributed by atoms with E-state index >= 15 is 0 Å². The number of rotatable bonds is 11. The molecule has 0 aliphatic carbocycles. The molecule has 5 heteroatoms. The van der Waals surface area contributed by atoms with E-state index in [1.807, 2.05) is 30.3 Å². The molecule has 2 rings (SSSR count). The predicted molar refractivity (Wildman–Crippen MR) is 120 cm³/mol. The zero-order chi connectivity index (χ0) is 21.1. The number of allylic oxidation sites excluding steroid dienone is 1. The van der Waals surface area contributed by atoms with E-state index in [0.29, 0.717) is 10.7 Å². The number of nitrogens with zero attached hydrogens (tertiary/aromatic N) is 1. The van der Waals surface area contributed by atoms with Gasteiger partial charge in [0.05, 0.1) is 7.11 Å². The van der Waals surface area contributed by atoms with Crippen LogP contribution in [0.2, 0.25) is 0 Å². The van der Waals surface area contributed by atoms with Crippen LogP contribution >= 0.6 is 0 Å². The molecule has 0 saturated heterocycles. The Hall–Kier alpha value is -2.82. The molecular formula is C24H32N2O3. The Kier molecular flexibility index (Phi) is 9.22. The highest BCUT2D eigenvalue weighted by atomic mass is 16.5. The first-order chi connectivity index (χ1) is 14.1. The van der Waals surface area contributed by atoms with Gasteiger partial charge in [-0.1, -0.05) is 63.3 Å². The fourth-order valence-corrected chi connectivity index (χ4v) is 3.24. The molecule has 2 aromatic rings. The van der Waals surface area contributed by atoms with Crippen molar-refractivity contribution < 1.29 is 4.74 Å². The van der Waals surface area contributed by atoms with Crippen molar-refractivity contribution in [3.8, 4) is 5.75 Å². The van der Waals surface area contributed by atoms with Crippen molar-refractivity contribution in [2.75, 3.05) is 7.11 Å². The molecule has 0 bridgehead atoms. The van der Waals surface area contributed by atoms with Gasteiger partial charge in [-0.25, -0.2) is 0 Å². The van der Waals surface area contributed by atoms with Crippen LogP contribution in [0.15, 0.2) is 46.5 Å². The average molecular weight is 397 g/mol. The van der Waals surface area contributed by atoms with Crippen LogP contribution in [0, 0.1) is 0 Å². The van der Waals surface area contributed by atoms with E-state index in [4.69, 9.17) is 4.74 Å². The van der Waals surface area contributed by atoms with Crippen molar-refractivity contribution in [1.29, 1.82) is 0 Å². The highest BCUT2D eigenvalue weighted by Gasteiger charge is 2.04. The van der Waals surface area contributed by atoms with Crippen LogP contribution in [-0.2, 0) is 6.54 Å². The van der Waals surface area contributed by atoms with Crippen LogP contribution in [0.25, 0.3) is 12.2 Å². The standard InChI is InChI=1S/C24H32N2O3/c1-4-6-7-8-9-10-11-12-21-24(28)26(17-5-2)22(23(27)25-21)18-19-13-15-20(29-3)16-14-19/h5,12-16,18H,2,4,6-11,17H2,1,3H3,(H,25,27)/b21-12-,22-18-. The minimum atomic E-state index is -0.281. The van der Waals surface area contributed by atoms with E-state index in [2.05, 4.69) is 18.5 Å². The number of methoxy groups -OCH3 is 1. The molecule has 0 atom stereocenters. The Balaban J connectivity index is 2.32. The fourth-order valence-electron chi connectivity index (χ4n) is 3.24. The quantitative estimate of drug-likeness (QED) is 0.469. The molecule has 0 aliphatic heterocycles. The van der Waals surface area contributed by atoms with Gasteiger partial charge in [-0.2, -0.15) is 0 Å². The fraction of sp³-hybridized carbons (Fsp3) is 0.417. The lowest BCUT2D eigenvalue weighted by atomic mass is 10.1. The summed E-state index contributed by atoms with van der Waals surface area (Å²) in [6.45, 7) is 6.21. The first-order valence-corrected chi connectivity index (χ1v) is 10.4. The molecular weight excluding hydrogens is 364 g/mol. The Bertz CT molecular complexity index is 1010. The summed E-state index contributed by atoms with van der Waals surface area (Å²) in [7, 11) is 1.60. The molecule has 0 amide bonds. The number of nitrogens with one attached hydrogen (secondary N) is 1. The molecule has 0 aliphatic rings. The van der Waals surface area contributed by atoms with Crippen molar-refractivity contribution in [3.05, 3.63) is 73.9 Å². The minimum Gasteiger partial charge on any atom is -0.497 e. The van der Waals surface area contributed by atoms with Crippen molar-refractivity contribution >= 4 is 12.2 Å². The van der Waals surface area contributed by atoms with Crippen LogP contribution in [0.1, 0.15) is 57.4 Å². The van der Waals surface area contributed by atoms with Crippen LogP contribution in [-0.4, -0.2) is 16.7 Å². The lowest BCUT2D eigenvalue weighted by Gasteiger charge is -2.05. The minimum absolute atomic E-state index is 0.199. The summed E-state index contributed by atoms with van der Waals surface area (Å²) in [5.74, 6) is 0.735. The first-order valence-electron chi connectivity index (χ1n) is 10.4. The summed E-state index contributed by atoms with van der Waals surface area (Å²) in [6.07, 6.45) is 13.1. The highest BCUT2D eigenvalue weighted by Crippen LogP contribution is 2.11. The number of aromatic nitrogens is 2. The molecule has 5 nitrogen and oxygen atoms in total. The molecule has 0 unspecified atom stereocenters. The third-order valence-corrected chi connectivity index (χ3v) is 4.88. The maximum atomic E-state index is 12.9. The monoisotopic (exact) mass is 396 g/mol. The van der Waals surface area contributed by atoms with Crippen LogP contribution in [0.4, 0.5) is 0 Å². The number of hydrogen-bond donors (Lipinski definition) is 1. The Labute approximate surface area is 172 Å². The second kappa shape index (κ2) is 11.9. The SMILES string of the molecule is C=CCn1c(=O)/c(=C/CCCCCCCC)[nH]c(=O)/c1=C/c1ccc(OC)cc1. The lowest BCUT2D eigenvalue weighted by molar-refractivity contribution is 0.415. The normalized spacial score (nSPS) is 12.3. The molecule has 156 valence electrons. The third kappa shape index (κ3) is 6.63. The molecule has 1 heterocycles. The molecule has 0 radical (unpaired) electrons. The molecule has 29 heavy (non-hydrogen) atoms. The first kappa shape index (κ1) is 22.5. The maximum Gasteiger partial charge on any atom is 0.274 e. The van der Waals surface area contributed by atoms with Gasteiger partial charge in [0.25, 0.3) is 11.1 Å². The molecule has 1 aromatic heterocycles. The molecule has 0 spiro atoms. The second-order valence-corrected chi connectivity index (χ2v) is 7.14. The third-order valence-electron chi connectivity index (χ3n) is 4.88. The topological polar surface area (TPSA) is 64.1 Å². The summed E-state index contributed by atoms with van der Waals surface area (Å²) in [5, 5.41) is 0.675. The number of unbranched alkanes of at least 4 members (excludes halogenated alkanes) is 6. The van der Waals surface area contributed by atoms with E-state index in [9.17, 15) is 9.59 Å². The Morgan fingerprint density at radius 1 is 1.07 bits per heavy atom. The molecule has 0 saturated carbocycles. The predicted octanol–water partition coefficient (Wildman–Crippen LogP) is 3.09. The molecule has 1 N–H and O–H groups in total. The van der Waals surface area contributed by atoms with Gasteiger partial charge in [-0.05, 0) is 36.6 Å². The van der Waals surface area contributed by atoms with Gasteiger partial charge in [0.2, 0.25) is 0 Å². The van der Waals surface area contributed by atoms with Crippen molar-refractivity contribution in [3.63, 3.8) is 0 Å². The van der Waals surface area contributed by atoms with E-state index in [1.54, 1.807) is 19.3 Å². The van der Waals surface area contributed by atoms with E-state index in [-0.39, 0.29) is 17.7 Å². The van der Waals surface area contributed by atoms with Gasteiger partial charge in [-0.15, -0.1) is 6.58 Å². The van der Waals surface area contributed by atoms with Crippen molar-refractivity contribution in [2.45, 2.75) is 58.4 Å². The van der Waals surface area contributed by atoms with Crippen molar-refractivity contribution in [2.24, 2.45) is 0 Å². The summed E-state index contributed by atoms with van der Waals surface area (Å²) in [6, 6.07) is 7.33. The number of aromatic amines is 1. The number of benzene rings is 1. The van der Waals surface area contributed by atoms with E-state index in [0.717, 1.165) is 30.6 Å². The van der Waals surface area contributed by atoms with Gasteiger partial charge in [-0.3, -0.25) is 14.2 Å². The Morgan fingerprint density at radius 3 is 2.41 bits per heavy atom. The van der Waals surface area contributed by atoms with Gasteiger partial charge in [0, 0.05) is 6.54 Å². The zero-order valence-electron chi connectivity index (χ0n) is 17.6. The number of H-pyrrole nitrogens is 1. The summed E-state index contributed by atoms with van der Waals surface area (Å²) in [4.78, 5) is 28.4. The van der Waals surface area contributed by atoms with Crippen molar-refractivity contribution in [1.82, 2.24) is 9.55 Å². The summed E-state index contributed by atoms with van der Waals surface area (Å²) >= 11 is 0. The van der Waals surface area contributed by atoms with E-state index < -0.39 is 0 Å². The summed E-state index contributed by atoms with van der Waals surface area (Å²) < 4.78 is 6.64. The maximum absolute atomic E-state index is 12.9.